The van der Waals surface area contributed by atoms with Gasteiger partial charge in [-0.15, -0.1) is 0 Å². The molecular formula is C12H11N5O2. The van der Waals surface area contributed by atoms with Gasteiger partial charge in [-0.05, 0) is 29.3 Å². The highest BCUT2D eigenvalue weighted by molar-refractivity contribution is 5.91. The molecule has 7 heteroatoms. The fourth-order valence-corrected chi connectivity index (χ4v) is 1.46. The molecule has 0 aromatic carbocycles. The zero-order valence-corrected chi connectivity index (χ0v) is 9.98. The van der Waals surface area contributed by atoms with E-state index in [1.54, 1.807) is 30.6 Å². The summed E-state index contributed by atoms with van der Waals surface area (Å²) in [4.78, 5) is 18.3. The minimum Gasteiger partial charge on any atom is -0.456 e. The van der Waals surface area contributed by atoms with Gasteiger partial charge in [0.25, 0.3) is 5.91 Å². The summed E-state index contributed by atoms with van der Waals surface area (Å²) in [5.74, 6) is 0.312. The maximum absolute atomic E-state index is 11.8. The van der Waals surface area contributed by atoms with Crippen molar-refractivity contribution in [3.63, 3.8) is 0 Å². The molecule has 2 rings (SSSR count). The Morgan fingerprint density at radius 2 is 2.37 bits per heavy atom. The number of hydrogen-bond donors (Lipinski definition) is 1. The van der Waals surface area contributed by atoms with Crippen molar-refractivity contribution in [1.82, 2.24) is 10.3 Å². The number of amides is 1. The summed E-state index contributed by atoms with van der Waals surface area (Å²) in [5, 5.41) is 6.06. The van der Waals surface area contributed by atoms with E-state index in [0.717, 1.165) is 5.56 Å². The first-order chi connectivity index (χ1) is 9.29. The molecule has 1 amide bonds. The van der Waals surface area contributed by atoms with Crippen LogP contribution in [0.25, 0.3) is 10.4 Å². The van der Waals surface area contributed by atoms with Crippen LogP contribution in [0.5, 0.6) is 0 Å². The van der Waals surface area contributed by atoms with Crippen LogP contribution in [0.4, 0.5) is 0 Å². The van der Waals surface area contributed by atoms with Crippen molar-refractivity contribution >= 4 is 5.91 Å². The molecule has 2 aromatic rings. The van der Waals surface area contributed by atoms with Crippen LogP contribution in [0.15, 0.2) is 46.2 Å². The van der Waals surface area contributed by atoms with Gasteiger partial charge in [-0.2, -0.15) is 0 Å². The molecule has 0 aliphatic rings. The quantitative estimate of drug-likeness (QED) is 0.505. The van der Waals surface area contributed by atoms with E-state index in [1.807, 2.05) is 6.07 Å². The van der Waals surface area contributed by atoms with E-state index < -0.39 is 0 Å². The number of pyridine rings is 1. The van der Waals surface area contributed by atoms with E-state index in [2.05, 4.69) is 20.3 Å². The van der Waals surface area contributed by atoms with Crippen LogP contribution in [-0.4, -0.2) is 10.9 Å². The third kappa shape index (κ3) is 3.58. The van der Waals surface area contributed by atoms with Crippen LogP contribution in [-0.2, 0) is 13.1 Å². The minimum absolute atomic E-state index is 0.0897. The number of nitrogens with one attached hydrogen (secondary N) is 1. The standard InChI is InChI=1S/C12H11N5O2/c13-17-16-8-10-3-4-11(19-10)12(18)15-7-9-2-1-5-14-6-9/h1-6H,7-8H2,(H,15,18). The van der Waals surface area contributed by atoms with Gasteiger partial charge in [0.2, 0.25) is 0 Å². The van der Waals surface area contributed by atoms with Gasteiger partial charge < -0.3 is 9.73 Å². The van der Waals surface area contributed by atoms with Crippen LogP contribution in [0.1, 0.15) is 21.9 Å². The monoisotopic (exact) mass is 257 g/mol. The SMILES string of the molecule is [N-]=[N+]=NCc1ccc(C(=O)NCc2cccnc2)o1. The molecule has 0 aliphatic heterocycles. The van der Waals surface area contributed by atoms with E-state index in [9.17, 15) is 4.79 Å². The number of carbonyl (C=O) groups is 1. The molecule has 0 saturated heterocycles. The maximum atomic E-state index is 11.8. The molecule has 7 nitrogen and oxygen atoms in total. The zero-order valence-electron chi connectivity index (χ0n) is 9.98. The molecule has 0 fully saturated rings. The number of azide groups is 1. The van der Waals surface area contributed by atoms with Gasteiger partial charge in [-0.3, -0.25) is 9.78 Å². The van der Waals surface area contributed by atoms with Crippen molar-refractivity contribution < 1.29 is 9.21 Å². The summed E-state index contributed by atoms with van der Waals surface area (Å²) in [5.41, 5.74) is 9.09. The second kappa shape index (κ2) is 6.23. The number of nitrogens with zero attached hydrogens (tertiary/aromatic N) is 4. The fraction of sp³-hybridized carbons (Fsp3) is 0.167. The Morgan fingerprint density at radius 1 is 1.47 bits per heavy atom. The van der Waals surface area contributed by atoms with Crippen molar-refractivity contribution in [2.75, 3.05) is 0 Å². The minimum atomic E-state index is -0.323. The first-order valence-corrected chi connectivity index (χ1v) is 5.56. The van der Waals surface area contributed by atoms with Crippen molar-refractivity contribution in [1.29, 1.82) is 0 Å². The van der Waals surface area contributed by atoms with Crippen molar-refractivity contribution in [3.8, 4) is 0 Å². The molecule has 0 radical (unpaired) electrons. The predicted molar refractivity (Wildman–Crippen MR) is 67.0 cm³/mol. The zero-order chi connectivity index (χ0) is 13.5. The average molecular weight is 257 g/mol. The molecule has 2 aromatic heterocycles. The summed E-state index contributed by atoms with van der Waals surface area (Å²) >= 11 is 0. The summed E-state index contributed by atoms with van der Waals surface area (Å²) in [6.07, 6.45) is 3.34. The number of carbonyl (C=O) groups excluding carboxylic acids is 1. The molecular weight excluding hydrogens is 246 g/mol. The molecule has 2 heterocycles. The Morgan fingerprint density at radius 3 is 3.11 bits per heavy atom. The molecule has 0 aliphatic carbocycles. The number of hydrogen-bond acceptors (Lipinski definition) is 4. The second-order valence-electron chi connectivity index (χ2n) is 3.70. The lowest BCUT2D eigenvalue weighted by Gasteiger charge is -2.02. The molecule has 0 bridgehead atoms. The van der Waals surface area contributed by atoms with Crippen LogP contribution in [0.3, 0.4) is 0 Å². The van der Waals surface area contributed by atoms with E-state index in [-0.39, 0.29) is 18.2 Å². The fourth-order valence-electron chi connectivity index (χ4n) is 1.46. The highest BCUT2D eigenvalue weighted by Crippen LogP contribution is 2.09. The Labute approximate surface area is 108 Å². The summed E-state index contributed by atoms with van der Waals surface area (Å²) in [6.45, 7) is 0.464. The Hall–Kier alpha value is -2.79. The molecule has 96 valence electrons. The van der Waals surface area contributed by atoms with E-state index >= 15 is 0 Å². The number of aromatic nitrogens is 1. The van der Waals surface area contributed by atoms with Crippen LogP contribution in [0.2, 0.25) is 0 Å². The highest BCUT2D eigenvalue weighted by atomic mass is 16.4. The Bertz CT molecular complexity index is 602. The van der Waals surface area contributed by atoms with Gasteiger partial charge in [0.05, 0.1) is 6.54 Å². The van der Waals surface area contributed by atoms with Crippen molar-refractivity contribution in [2.24, 2.45) is 5.11 Å². The Balaban J connectivity index is 1.92. The Kier molecular flexibility index (Phi) is 4.15. The van der Waals surface area contributed by atoms with E-state index in [1.165, 1.54) is 0 Å². The smallest absolute Gasteiger partial charge is 0.287 e. The van der Waals surface area contributed by atoms with Gasteiger partial charge in [0.1, 0.15) is 5.76 Å². The topological polar surface area (TPSA) is 104 Å². The molecule has 1 N–H and O–H groups in total. The van der Waals surface area contributed by atoms with Crippen LogP contribution >= 0.6 is 0 Å². The van der Waals surface area contributed by atoms with Gasteiger partial charge in [-0.1, -0.05) is 11.2 Å². The normalized spacial score (nSPS) is 9.68. The predicted octanol–water partition coefficient (Wildman–Crippen LogP) is 2.41. The third-order valence-electron chi connectivity index (χ3n) is 2.35. The molecule has 0 spiro atoms. The van der Waals surface area contributed by atoms with E-state index in [0.29, 0.717) is 12.3 Å². The molecule has 19 heavy (non-hydrogen) atoms. The van der Waals surface area contributed by atoms with Gasteiger partial charge in [0.15, 0.2) is 5.76 Å². The third-order valence-corrected chi connectivity index (χ3v) is 2.35. The molecule has 0 saturated carbocycles. The van der Waals surface area contributed by atoms with Crippen molar-refractivity contribution in [2.45, 2.75) is 13.1 Å². The number of rotatable bonds is 5. The highest BCUT2D eigenvalue weighted by Gasteiger charge is 2.10. The number of furan rings is 1. The van der Waals surface area contributed by atoms with E-state index in [4.69, 9.17) is 9.95 Å². The largest absolute Gasteiger partial charge is 0.456 e. The van der Waals surface area contributed by atoms with Gasteiger partial charge >= 0.3 is 0 Å². The average Bonchev–Trinajstić information content (AvgIpc) is 2.92. The first-order valence-electron chi connectivity index (χ1n) is 5.56. The summed E-state index contributed by atoms with van der Waals surface area (Å²) in [7, 11) is 0. The van der Waals surface area contributed by atoms with Crippen LogP contribution in [0, 0.1) is 0 Å². The molecule has 0 atom stereocenters. The van der Waals surface area contributed by atoms with Gasteiger partial charge in [0, 0.05) is 23.9 Å². The van der Waals surface area contributed by atoms with Crippen molar-refractivity contribution in [3.05, 3.63) is 64.2 Å². The maximum Gasteiger partial charge on any atom is 0.287 e. The lowest BCUT2D eigenvalue weighted by atomic mass is 10.3. The lowest BCUT2D eigenvalue weighted by Crippen LogP contribution is -2.22. The van der Waals surface area contributed by atoms with Crippen LogP contribution < -0.4 is 5.32 Å². The second-order valence-corrected chi connectivity index (χ2v) is 3.70. The van der Waals surface area contributed by atoms with Gasteiger partial charge in [-0.25, -0.2) is 0 Å². The lowest BCUT2D eigenvalue weighted by molar-refractivity contribution is 0.0921. The first kappa shape index (κ1) is 12.7. The summed E-state index contributed by atoms with van der Waals surface area (Å²) in [6, 6.07) is 6.81. The summed E-state index contributed by atoms with van der Waals surface area (Å²) < 4.78 is 5.24. The molecule has 0 unspecified atom stereocenters.